The fraction of sp³-hybridized carbons (Fsp3) is 0.118. The summed E-state index contributed by atoms with van der Waals surface area (Å²) in [6, 6.07) is 8.91. The summed E-state index contributed by atoms with van der Waals surface area (Å²) in [5, 5.41) is 2.73. The van der Waals surface area contributed by atoms with Crippen LogP contribution in [0.3, 0.4) is 0 Å². The lowest BCUT2D eigenvalue weighted by Crippen LogP contribution is -1.98. The number of carbonyl (C=O) groups is 1. The highest BCUT2D eigenvalue weighted by atomic mass is 19.2. The van der Waals surface area contributed by atoms with Crippen LogP contribution in [0, 0.1) is 25.5 Å². The van der Waals surface area contributed by atoms with Crippen LogP contribution in [0.4, 0.5) is 14.5 Å². The van der Waals surface area contributed by atoms with Gasteiger partial charge in [-0.15, -0.1) is 0 Å². The van der Waals surface area contributed by atoms with Gasteiger partial charge in [-0.2, -0.15) is 0 Å². The fourth-order valence-electron chi connectivity index (χ4n) is 1.79. The highest BCUT2D eigenvalue weighted by Gasteiger charge is 2.04. The van der Waals surface area contributed by atoms with E-state index in [1.165, 1.54) is 18.3 Å². The first-order chi connectivity index (χ1) is 9.97. The van der Waals surface area contributed by atoms with Crippen molar-refractivity contribution in [3.05, 3.63) is 77.0 Å². The fourth-order valence-corrected chi connectivity index (χ4v) is 1.79. The van der Waals surface area contributed by atoms with Crippen LogP contribution in [0.15, 0.2) is 48.7 Å². The monoisotopic (exact) mass is 287 g/mol. The Labute approximate surface area is 122 Å². The molecular formula is C17H15F2NO. The molecule has 2 nitrogen and oxygen atoms in total. The number of benzene rings is 2. The zero-order valence-corrected chi connectivity index (χ0v) is 11.8. The summed E-state index contributed by atoms with van der Waals surface area (Å²) in [6.07, 6.45) is 2.76. The first kappa shape index (κ1) is 14.9. The molecule has 0 unspecified atom stereocenters. The van der Waals surface area contributed by atoms with Crippen LogP contribution in [-0.4, -0.2) is 5.78 Å². The summed E-state index contributed by atoms with van der Waals surface area (Å²) in [7, 11) is 0. The third-order valence-corrected chi connectivity index (χ3v) is 3.20. The summed E-state index contributed by atoms with van der Waals surface area (Å²) >= 11 is 0. The minimum Gasteiger partial charge on any atom is -0.361 e. The minimum atomic E-state index is -0.936. The molecule has 0 spiro atoms. The molecule has 0 atom stereocenters. The van der Waals surface area contributed by atoms with E-state index in [-0.39, 0.29) is 5.78 Å². The Balaban J connectivity index is 2.04. The van der Waals surface area contributed by atoms with E-state index in [1.807, 2.05) is 26.0 Å². The van der Waals surface area contributed by atoms with Crippen molar-refractivity contribution in [2.75, 3.05) is 5.32 Å². The Morgan fingerprint density at radius 3 is 2.43 bits per heavy atom. The standard InChI is InChI=1S/C17H15F2NO/c1-11-3-4-13(9-12(11)2)17(21)7-8-20-14-5-6-15(18)16(19)10-14/h3-10,20H,1-2H3. The zero-order valence-electron chi connectivity index (χ0n) is 11.8. The molecule has 0 saturated heterocycles. The Morgan fingerprint density at radius 1 is 1.00 bits per heavy atom. The number of anilines is 1. The molecular weight excluding hydrogens is 272 g/mol. The molecule has 0 bridgehead atoms. The van der Waals surface area contributed by atoms with E-state index in [9.17, 15) is 13.6 Å². The average molecular weight is 287 g/mol. The quantitative estimate of drug-likeness (QED) is 0.667. The van der Waals surface area contributed by atoms with Crippen molar-refractivity contribution in [2.24, 2.45) is 0 Å². The normalized spacial score (nSPS) is 10.9. The summed E-state index contributed by atoms with van der Waals surface area (Å²) in [4.78, 5) is 12.0. The third kappa shape index (κ3) is 3.75. The predicted octanol–water partition coefficient (Wildman–Crippen LogP) is 4.39. The maximum atomic E-state index is 13.0. The Morgan fingerprint density at radius 2 is 1.76 bits per heavy atom. The molecule has 108 valence electrons. The van der Waals surface area contributed by atoms with Crippen molar-refractivity contribution in [3.63, 3.8) is 0 Å². The van der Waals surface area contributed by atoms with Crippen molar-refractivity contribution in [1.29, 1.82) is 0 Å². The van der Waals surface area contributed by atoms with Gasteiger partial charge < -0.3 is 5.32 Å². The number of halogens is 2. The van der Waals surface area contributed by atoms with Gasteiger partial charge in [0.05, 0.1) is 0 Å². The van der Waals surface area contributed by atoms with Gasteiger partial charge in [0, 0.05) is 29.6 Å². The molecule has 0 aliphatic heterocycles. The largest absolute Gasteiger partial charge is 0.361 e. The molecule has 0 aliphatic rings. The van der Waals surface area contributed by atoms with Crippen molar-refractivity contribution >= 4 is 11.5 Å². The van der Waals surface area contributed by atoms with E-state index >= 15 is 0 Å². The third-order valence-electron chi connectivity index (χ3n) is 3.20. The van der Waals surface area contributed by atoms with E-state index in [0.29, 0.717) is 11.3 Å². The second-order valence-corrected chi connectivity index (χ2v) is 4.77. The van der Waals surface area contributed by atoms with Gasteiger partial charge >= 0.3 is 0 Å². The summed E-state index contributed by atoms with van der Waals surface area (Å²) < 4.78 is 25.8. The van der Waals surface area contributed by atoms with Gasteiger partial charge in [-0.05, 0) is 43.2 Å². The van der Waals surface area contributed by atoms with E-state index in [2.05, 4.69) is 5.32 Å². The Bertz CT molecular complexity index is 708. The molecule has 0 aliphatic carbocycles. The summed E-state index contributed by atoms with van der Waals surface area (Å²) in [5.41, 5.74) is 3.12. The van der Waals surface area contributed by atoms with Crippen LogP contribution < -0.4 is 5.32 Å². The maximum Gasteiger partial charge on any atom is 0.187 e. The van der Waals surface area contributed by atoms with Crippen molar-refractivity contribution in [1.82, 2.24) is 0 Å². The van der Waals surface area contributed by atoms with E-state index in [0.717, 1.165) is 23.3 Å². The molecule has 21 heavy (non-hydrogen) atoms. The molecule has 1 N–H and O–H groups in total. The maximum absolute atomic E-state index is 13.0. The molecule has 2 aromatic carbocycles. The number of carbonyl (C=O) groups excluding carboxylic acids is 1. The van der Waals surface area contributed by atoms with Gasteiger partial charge in [-0.1, -0.05) is 12.1 Å². The summed E-state index contributed by atoms with van der Waals surface area (Å²) in [6.45, 7) is 3.92. The van der Waals surface area contributed by atoms with E-state index in [4.69, 9.17) is 0 Å². The predicted molar refractivity (Wildman–Crippen MR) is 79.4 cm³/mol. The minimum absolute atomic E-state index is 0.159. The SMILES string of the molecule is Cc1ccc(C(=O)C=CNc2ccc(F)c(F)c2)cc1C. The van der Waals surface area contributed by atoms with Crippen LogP contribution >= 0.6 is 0 Å². The number of nitrogens with one attached hydrogen (secondary N) is 1. The van der Waals surface area contributed by atoms with E-state index in [1.54, 1.807) is 6.07 Å². The summed E-state index contributed by atoms with van der Waals surface area (Å²) in [5.74, 6) is -2.00. The molecule has 0 saturated carbocycles. The number of aryl methyl sites for hydroxylation is 2. The number of hydrogen-bond donors (Lipinski definition) is 1. The smallest absolute Gasteiger partial charge is 0.187 e. The first-order valence-corrected chi connectivity index (χ1v) is 6.47. The molecule has 2 aromatic rings. The molecule has 0 radical (unpaired) electrons. The van der Waals surface area contributed by atoms with Gasteiger partial charge in [0.25, 0.3) is 0 Å². The highest BCUT2D eigenvalue weighted by Crippen LogP contribution is 2.14. The molecule has 0 heterocycles. The van der Waals surface area contributed by atoms with Crippen molar-refractivity contribution < 1.29 is 13.6 Å². The molecule has 4 heteroatoms. The van der Waals surface area contributed by atoms with Gasteiger partial charge in [0.2, 0.25) is 0 Å². The van der Waals surface area contributed by atoms with Gasteiger partial charge in [0.15, 0.2) is 17.4 Å². The number of ketones is 1. The van der Waals surface area contributed by atoms with Crippen LogP contribution in [0.2, 0.25) is 0 Å². The first-order valence-electron chi connectivity index (χ1n) is 6.47. The number of rotatable bonds is 4. The zero-order chi connectivity index (χ0) is 15.4. The second kappa shape index (κ2) is 6.31. The topological polar surface area (TPSA) is 29.1 Å². The van der Waals surface area contributed by atoms with Crippen molar-refractivity contribution in [2.45, 2.75) is 13.8 Å². The Kier molecular flexibility index (Phi) is 4.48. The van der Waals surface area contributed by atoms with Gasteiger partial charge in [-0.3, -0.25) is 4.79 Å². The van der Waals surface area contributed by atoms with Gasteiger partial charge in [-0.25, -0.2) is 8.78 Å². The Hall–Kier alpha value is -2.49. The molecule has 0 amide bonds. The number of hydrogen-bond acceptors (Lipinski definition) is 2. The van der Waals surface area contributed by atoms with Crippen LogP contribution in [-0.2, 0) is 0 Å². The number of allylic oxidation sites excluding steroid dienone is 1. The average Bonchev–Trinajstić information content (AvgIpc) is 2.45. The van der Waals surface area contributed by atoms with E-state index < -0.39 is 11.6 Å². The molecule has 0 aromatic heterocycles. The van der Waals surface area contributed by atoms with Crippen molar-refractivity contribution in [3.8, 4) is 0 Å². The van der Waals surface area contributed by atoms with Crippen LogP contribution in [0.1, 0.15) is 21.5 Å². The lowest BCUT2D eigenvalue weighted by Gasteiger charge is -2.03. The molecule has 2 rings (SSSR count). The lowest BCUT2D eigenvalue weighted by atomic mass is 10.0. The van der Waals surface area contributed by atoms with Crippen LogP contribution in [0.25, 0.3) is 0 Å². The lowest BCUT2D eigenvalue weighted by molar-refractivity contribution is 0.104. The molecule has 0 fully saturated rings. The van der Waals surface area contributed by atoms with Gasteiger partial charge in [0.1, 0.15) is 0 Å². The van der Waals surface area contributed by atoms with Crippen LogP contribution in [0.5, 0.6) is 0 Å². The second-order valence-electron chi connectivity index (χ2n) is 4.77. The highest BCUT2D eigenvalue weighted by molar-refractivity contribution is 6.04.